The van der Waals surface area contributed by atoms with E-state index < -0.39 is 6.04 Å². The van der Waals surface area contributed by atoms with Gasteiger partial charge in [0.25, 0.3) is 0 Å². The number of carbonyl (C=O) groups is 1. The number of benzene rings is 2. The fourth-order valence-corrected chi connectivity index (χ4v) is 5.58. The highest BCUT2D eigenvalue weighted by Crippen LogP contribution is 2.46. The van der Waals surface area contributed by atoms with Gasteiger partial charge in [0.2, 0.25) is 5.95 Å². The lowest BCUT2D eigenvalue weighted by atomic mass is 9.73. The highest BCUT2D eigenvalue weighted by molar-refractivity contribution is 6.00. The molecule has 3 aromatic rings. The number of ether oxygens (including phenoxy) is 2. The van der Waals surface area contributed by atoms with Gasteiger partial charge in [0.05, 0.1) is 13.7 Å². The third-order valence-electron chi connectivity index (χ3n) is 7.39. The minimum atomic E-state index is -0.411. The molecule has 1 aliphatic heterocycles. The van der Waals surface area contributed by atoms with E-state index in [-0.39, 0.29) is 11.2 Å². The number of fused-ring (bicyclic) bond motifs is 1. The Hall–Kier alpha value is -3.81. The third-order valence-corrected chi connectivity index (χ3v) is 7.39. The lowest BCUT2D eigenvalue weighted by molar-refractivity contribution is -0.118. The largest absolute Gasteiger partial charge is 0.493 e. The van der Waals surface area contributed by atoms with Crippen LogP contribution in [0.1, 0.15) is 59.1 Å². The molecule has 200 valence electrons. The summed E-state index contributed by atoms with van der Waals surface area (Å²) in [6, 6.07) is 13.8. The number of ketones is 1. The molecular formula is C30H37N5O3. The number of nitrogens with zero attached hydrogens (tertiary/aromatic N) is 4. The molecule has 5 rings (SSSR count). The summed E-state index contributed by atoms with van der Waals surface area (Å²) in [5.74, 6) is 2.68. The van der Waals surface area contributed by atoms with Gasteiger partial charge >= 0.3 is 0 Å². The zero-order chi connectivity index (χ0) is 27.0. The van der Waals surface area contributed by atoms with Crippen molar-refractivity contribution in [2.75, 3.05) is 37.0 Å². The zero-order valence-electron chi connectivity index (χ0n) is 23.2. The Labute approximate surface area is 224 Å². The van der Waals surface area contributed by atoms with E-state index in [2.05, 4.69) is 62.2 Å². The number of hydrogen-bond acceptors (Lipinski definition) is 7. The molecule has 0 radical (unpaired) electrons. The van der Waals surface area contributed by atoms with Crippen LogP contribution in [-0.4, -0.2) is 47.4 Å². The van der Waals surface area contributed by atoms with Crippen LogP contribution in [-0.2, 0) is 4.79 Å². The Morgan fingerprint density at radius 3 is 2.45 bits per heavy atom. The van der Waals surface area contributed by atoms with E-state index in [9.17, 15) is 4.79 Å². The number of aromatic nitrogens is 3. The van der Waals surface area contributed by atoms with Crippen molar-refractivity contribution in [2.45, 2.75) is 53.5 Å². The molecule has 0 spiro atoms. The number of anilines is 2. The van der Waals surface area contributed by atoms with Gasteiger partial charge in [0.1, 0.15) is 6.04 Å². The second-order valence-corrected chi connectivity index (χ2v) is 10.6. The van der Waals surface area contributed by atoms with Crippen molar-refractivity contribution >= 4 is 17.4 Å². The van der Waals surface area contributed by atoms with Crippen molar-refractivity contribution in [2.24, 2.45) is 5.41 Å². The third kappa shape index (κ3) is 4.64. The fraction of sp³-hybridized carbons (Fsp3) is 0.433. The molecule has 8 heteroatoms. The van der Waals surface area contributed by atoms with Crippen LogP contribution in [0.4, 0.5) is 11.6 Å². The number of methoxy groups -OCH3 is 1. The van der Waals surface area contributed by atoms with Crippen LogP contribution in [0.3, 0.4) is 0 Å². The normalized spacial score (nSPS) is 17.9. The number of nitrogens with one attached hydrogen (secondary N) is 1. The maximum atomic E-state index is 13.6. The molecule has 0 fully saturated rings. The van der Waals surface area contributed by atoms with Crippen LogP contribution < -0.4 is 19.7 Å². The molecule has 0 saturated heterocycles. The molecular weight excluding hydrogens is 478 g/mol. The van der Waals surface area contributed by atoms with Gasteiger partial charge < -0.3 is 19.7 Å². The van der Waals surface area contributed by atoms with Gasteiger partial charge in [0.15, 0.2) is 23.1 Å². The van der Waals surface area contributed by atoms with Crippen molar-refractivity contribution in [3.05, 3.63) is 59.3 Å². The molecule has 8 nitrogen and oxygen atoms in total. The lowest BCUT2D eigenvalue weighted by Gasteiger charge is -2.38. The zero-order valence-corrected chi connectivity index (χ0v) is 23.2. The summed E-state index contributed by atoms with van der Waals surface area (Å²) >= 11 is 0. The Morgan fingerprint density at radius 1 is 1.05 bits per heavy atom. The SMILES string of the molecule is CCOc1ccc(C2C3=C(CC(C)(C)CC3=O)Nc3nc(-c4ccc(N(CC)CC)cc4)nn32)cc1OC. The van der Waals surface area contributed by atoms with Crippen molar-refractivity contribution < 1.29 is 14.3 Å². The summed E-state index contributed by atoms with van der Waals surface area (Å²) < 4.78 is 13.2. The van der Waals surface area contributed by atoms with Crippen molar-refractivity contribution in [3.63, 3.8) is 0 Å². The minimum Gasteiger partial charge on any atom is -0.493 e. The Kier molecular flexibility index (Phi) is 6.90. The smallest absolute Gasteiger partial charge is 0.226 e. The summed E-state index contributed by atoms with van der Waals surface area (Å²) in [7, 11) is 1.63. The van der Waals surface area contributed by atoms with Gasteiger partial charge in [-0.1, -0.05) is 19.9 Å². The Bertz CT molecular complexity index is 1370. The monoisotopic (exact) mass is 515 g/mol. The van der Waals surface area contributed by atoms with Gasteiger partial charge in [-0.05, 0) is 74.6 Å². The van der Waals surface area contributed by atoms with E-state index in [0.29, 0.717) is 36.3 Å². The predicted octanol–water partition coefficient (Wildman–Crippen LogP) is 5.86. The van der Waals surface area contributed by atoms with Crippen molar-refractivity contribution in [1.29, 1.82) is 0 Å². The first-order valence-electron chi connectivity index (χ1n) is 13.4. The van der Waals surface area contributed by atoms with Gasteiger partial charge in [-0.2, -0.15) is 4.98 Å². The summed E-state index contributed by atoms with van der Waals surface area (Å²) in [4.78, 5) is 20.8. The fourth-order valence-electron chi connectivity index (χ4n) is 5.58. The summed E-state index contributed by atoms with van der Waals surface area (Å²) in [5.41, 5.74) is 4.54. The molecule has 1 N–H and O–H groups in total. The van der Waals surface area contributed by atoms with E-state index in [0.717, 1.165) is 41.9 Å². The van der Waals surface area contributed by atoms with Crippen molar-refractivity contribution in [1.82, 2.24) is 14.8 Å². The van der Waals surface area contributed by atoms with Crippen LogP contribution in [0.2, 0.25) is 0 Å². The van der Waals surface area contributed by atoms with Crippen LogP contribution in [0.15, 0.2) is 53.7 Å². The minimum absolute atomic E-state index is 0.130. The van der Waals surface area contributed by atoms with Gasteiger partial charge in [-0.15, -0.1) is 5.10 Å². The number of rotatable bonds is 8. The topological polar surface area (TPSA) is 81.5 Å². The highest BCUT2D eigenvalue weighted by Gasteiger charge is 2.42. The molecule has 1 atom stereocenters. The van der Waals surface area contributed by atoms with E-state index in [1.807, 2.05) is 29.8 Å². The second-order valence-electron chi connectivity index (χ2n) is 10.6. The van der Waals surface area contributed by atoms with Gasteiger partial charge in [0, 0.05) is 42.0 Å². The highest BCUT2D eigenvalue weighted by atomic mass is 16.5. The van der Waals surface area contributed by atoms with Crippen molar-refractivity contribution in [3.8, 4) is 22.9 Å². The summed E-state index contributed by atoms with van der Waals surface area (Å²) in [6.07, 6.45) is 1.25. The van der Waals surface area contributed by atoms with E-state index in [4.69, 9.17) is 19.6 Å². The number of allylic oxidation sites excluding steroid dienone is 2. The van der Waals surface area contributed by atoms with E-state index in [1.165, 1.54) is 5.69 Å². The van der Waals surface area contributed by atoms with Crippen LogP contribution in [0.25, 0.3) is 11.4 Å². The molecule has 0 saturated carbocycles. The quantitative estimate of drug-likeness (QED) is 0.403. The second kappa shape index (κ2) is 10.2. The maximum absolute atomic E-state index is 13.6. The molecule has 2 heterocycles. The summed E-state index contributed by atoms with van der Waals surface area (Å²) in [6.45, 7) is 13.0. The molecule has 2 aromatic carbocycles. The predicted molar refractivity (Wildman–Crippen MR) is 150 cm³/mol. The molecule has 0 amide bonds. The Morgan fingerprint density at radius 2 is 1.79 bits per heavy atom. The van der Waals surface area contributed by atoms with E-state index >= 15 is 0 Å². The number of hydrogen-bond donors (Lipinski definition) is 1. The summed E-state index contributed by atoms with van der Waals surface area (Å²) in [5, 5.41) is 8.41. The molecule has 1 aliphatic carbocycles. The van der Waals surface area contributed by atoms with E-state index in [1.54, 1.807) is 7.11 Å². The number of Topliss-reactive ketones (excluding diaryl/α,β-unsaturated/α-hetero) is 1. The lowest BCUT2D eigenvalue weighted by Crippen LogP contribution is -2.36. The first-order chi connectivity index (χ1) is 18.3. The molecule has 1 aromatic heterocycles. The van der Waals surface area contributed by atoms with Crippen LogP contribution in [0, 0.1) is 5.41 Å². The molecule has 38 heavy (non-hydrogen) atoms. The van der Waals surface area contributed by atoms with Gasteiger partial charge in [-0.3, -0.25) is 4.79 Å². The number of carbonyl (C=O) groups excluding carboxylic acids is 1. The maximum Gasteiger partial charge on any atom is 0.226 e. The first-order valence-corrected chi connectivity index (χ1v) is 13.4. The van der Waals surface area contributed by atoms with Gasteiger partial charge in [-0.25, -0.2) is 4.68 Å². The Balaban J connectivity index is 1.60. The van der Waals surface area contributed by atoms with Crippen LogP contribution in [0.5, 0.6) is 11.5 Å². The molecule has 2 aliphatic rings. The standard InChI is InChI=1S/C30H37N5O3/c1-7-34(8-2)21-13-10-19(11-14-21)28-32-29-31-22-17-30(4,5)18-23(36)26(22)27(35(29)33-28)20-12-15-24(38-9-3)25(16-20)37-6/h10-16,27H,7-9,17-18H2,1-6H3,(H,31,32,33). The molecule has 0 bridgehead atoms. The molecule has 1 unspecified atom stereocenters. The van der Waals surface area contributed by atoms with Crippen LogP contribution >= 0.6 is 0 Å². The average Bonchev–Trinajstić information content (AvgIpc) is 3.32. The average molecular weight is 516 g/mol. The first kappa shape index (κ1) is 25.8.